The van der Waals surface area contributed by atoms with Crippen LogP contribution in [0, 0.1) is 6.92 Å². The molecule has 3 rings (SSSR count). The number of thioether (sulfide) groups is 1. The van der Waals surface area contributed by atoms with Crippen LogP contribution in [0.1, 0.15) is 30.5 Å². The number of rotatable bonds is 7. The monoisotopic (exact) mass is 413 g/mol. The predicted octanol–water partition coefficient (Wildman–Crippen LogP) is 5.19. The molecule has 1 aliphatic rings. The Balaban J connectivity index is 1.79. The molecule has 1 saturated heterocycles. The van der Waals surface area contributed by atoms with Crippen molar-refractivity contribution in [2.75, 3.05) is 13.2 Å². The molecule has 0 radical (unpaired) electrons. The minimum atomic E-state index is -0.0462. The standard InChI is InChI=1S/C22H23NO3S2/c1-4-23-21(24)20(28-22(23)27)13-17-10-11-18(19(12-17)25-5-2)26-14-16-8-6-15(3)7-9-16/h6-13H,4-5,14H2,1-3H3. The second-order valence-corrected chi connectivity index (χ2v) is 8.02. The van der Waals surface area contributed by atoms with Crippen LogP contribution in [0.4, 0.5) is 0 Å². The zero-order valence-electron chi connectivity index (χ0n) is 16.2. The van der Waals surface area contributed by atoms with Crippen molar-refractivity contribution in [2.24, 2.45) is 0 Å². The van der Waals surface area contributed by atoms with Crippen LogP contribution in [-0.2, 0) is 11.4 Å². The molecule has 146 valence electrons. The number of thiocarbonyl (C=S) groups is 1. The largest absolute Gasteiger partial charge is 0.490 e. The number of benzene rings is 2. The number of carbonyl (C=O) groups is 1. The molecule has 2 aromatic rings. The average Bonchev–Trinajstić information content (AvgIpc) is 2.95. The van der Waals surface area contributed by atoms with Crippen LogP contribution in [0.3, 0.4) is 0 Å². The zero-order valence-corrected chi connectivity index (χ0v) is 17.9. The van der Waals surface area contributed by atoms with E-state index in [0.717, 1.165) is 11.1 Å². The molecule has 0 aliphatic carbocycles. The van der Waals surface area contributed by atoms with Crippen molar-refractivity contribution in [3.8, 4) is 11.5 Å². The number of hydrogen-bond donors (Lipinski definition) is 0. The number of likely N-dealkylation sites (N-methyl/N-ethyl adjacent to an activating group) is 1. The molecule has 1 heterocycles. The van der Waals surface area contributed by atoms with Gasteiger partial charge in [-0.3, -0.25) is 9.69 Å². The van der Waals surface area contributed by atoms with Crippen LogP contribution in [0.15, 0.2) is 47.4 Å². The number of amides is 1. The van der Waals surface area contributed by atoms with Crippen molar-refractivity contribution in [3.05, 3.63) is 64.1 Å². The number of ether oxygens (including phenoxy) is 2. The van der Waals surface area contributed by atoms with Gasteiger partial charge in [-0.2, -0.15) is 0 Å². The smallest absolute Gasteiger partial charge is 0.266 e. The third-order valence-electron chi connectivity index (χ3n) is 4.27. The van der Waals surface area contributed by atoms with Gasteiger partial charge in [-0.25, -0.2) is 0 Å². The van der Waals surface area contributed by atoms with Crippen LogP contribution in [0.2, 0.25) is 0 Å². The molecule has 4 nitrogen and oxygen atoms in total. The molecule has 0 N–H and O–H groups in total. The molecule has 0 unspecified atom stereocenters. The van der Waals surface area contributed by atoms with Crippen LogP contribution in [0.5, 0.6) is 11.5 Å². The molecule has 0 bridgehead atoms. The van der Waals surface area contributed by atoms with E-state index in [9.17, 15) is 4.79 Å². The normalized spacial score (nSPS) is 15.4. The van der Waals surface area contributed by atoms with Gasteiger partial charge < -0.3 is 9.47 Å². The van der Waals surface area contributed by atoms with Crippen LogP contribution < -0.4 is 9.47 Å². The molecule has 6 heteroatoms. The average molecular weight is 414 g/mol. The topological polar surface area (TPSA) is 38.8 Å². The Morgan fingerprint density at radius 2 is 1.82 bits per heavy atom. The van der Waals surface area contributed by atoms with Crippen molar-refractivity contribution < 1.29 is 14.3 Å². The second-order valence-electron chi connectivity index (χ2n) is 6.34. The third-order valence-corrected chi connectivity index (χ3v) is 5.65. The maximum atomic E-state index is 12.4. The van der Waals surface area contributed by atoms with Crippen molar-refractivity contribution in [3.63, 3.8) is 0 Å². The maximum Gasteiger partial charge on any atom is 0.266 e. The summed E-state index contributed by atoms with van der Waals surface area (Å²) >= 11 is 6.60. The van der Waals surface area contributed by atoms with Crippen LogP contribution >= 0.6 is 24.0 Å². The molecule has 1 aliphatic heterocycles. The highest BCUT2D eigenvalue weighted by molar-refractivity contribution is 8.26. The molecule has 0 saturated carbocycles. The van der Waals surface area contributed by atoms with E-state index >= 15 is 0 Å². The highest BCUT2D eigenvalue weighted by Crippen LogP contribution is 2.35. The lowest BCUT2D eigenvalue weighted by Crippen LogP contribution is -2.27. The summed E-state index contributed by atoms with van der Waals surface area (Å²) in [7, 11) is 0. The lowest BCUT2D eigenvalue weighted by atomic mass is 10.1. The van der Waals surface area contributed by atoms with Gasteiger partial charge in [0.1, 0.15) is 10.9 Å². The molecule has 0 aromatic heterocycles. The van der Waals surface area contributed by atoms with Crippen molar-refractivity contribution in [1.82, 2.24) is 4.90 Å². The van der Waals surface area contributed by atoms with Crippen LogP contribution in [-0.4, -0.2) is 28.3 Å². The van der Waals surface area contributed by atoms with Gasteiger partial charge in [-0.15, -0.1) is 0 Å². The van der Waals surface area contributed by atoms with Gasteiger partial charge in [0.05, 0.1) is 11.5 Å². The Bertz CT molecular complexity index is 906. The first-order chi connectivity index (χ1) is 13.5. The molecule has 0 atom stereocenters. The summed E-state index contributed by atoms with van der Waals surface area (Å²) in [5, 5.41) is 0. The van der Waals surface area contributed by atoms with E-state index in [1.165, 1.54) is 17.3 Å². The molecular formula is C22H23NO3S2. The van der Waals surface area contributed by atoms with E-state index in [1.54, 1.807) is 4.90 Å². The molecule has 0 spiro atoms. The van der Waals surface area contributed by atoms with E-state index in [-0.39, 0.29) is 5.91 Å². The number of carbonyl (C=O) groups excluding carboxylic acids is 1. The number of aryl methyl sites for hydroxylation is 1. The third kappa shape index (κ3) is 4.75. The van der Waals surface area contributed by atoms with E-state index < -0.39 is 0 Å². The highest BCUT2D eigenvalue weighted by Gasteiger charge is 2.30. The Morgan fingerprint density at radius 1 is 1.07 bits per heavy atom. The Morgan fingerprint density at radius 3 is 2.46 bits per heavy atom. The quantitative estimate of drug-likeness (QED) is 0.461. The molecular weight excluding hydrogens is 390 g/mol. The van der Waals surface area contributed by atoms with Crippen molar-refractivity contribution >= 4 is 40.3 Å². The predicted molar refractivity (Wildman–Crippen MR) is 119 cm³/mol. The fraction of sp³-hybridized carbons (Fsp3) is 0.273. The summed E-state index contributed by atoms with van der Waals surface area (Å²) in [4.78, 5) is 14.6. The van der Waals surface area contributed by atoms with E-state index in [4.69, 9.17) is 21.7 Å². The summed E-state index contributed by atoms with van der Waals surface area (Å²) in [5.74, 6) is 1.30. The van der Waals surface area contributed by atoms with Gasteiger partial charge in [0.25, 0.3) is 5.91 Å². The Hall–Kier alpha value is -2.31. The maximum absolute atomic E-state index is 12.4. The van der Waals surface area contributed by atoms with Gasteiger partial charge in [0, 0.05) is 6.54 Å². The fourth-order valence-electron chi connectivity index (χ4n) is 2.77. The van der Waals surface area contributed by atoms with Gasteiger partial charge in [0.15, 0.2) is 11.5 Å². The summed E-state index contributed by atoms with van der Waals surface area (Å²) in [6.45, 7) is 7.49. The van der Waals surface area contributed by atoms with Crippen molar-refractivity contribution in [2.45, 2.75) is 27.4 Å². The summed E-state index contributed by atoms with van der Waals surface area (Å²) < 4.78 is 12.3. The number of nitrogens with zero attached hydrogens (tertiary/aromatic N) is 1. The first kappa shape index (κ1) is 20.4. The lowest BCUT2D eigenvalue weighted by molar-refractivity contribution is -0.121. The van der Waals surface area contributed by atoms with Crippen LogP contribution in [0.25, 0.3) is 6.08 Å². The molecule has 1 fully saturated rings. The summed E-state index contributed by atoms with van der Waals surface area (Å²) in [5.41, 5.74) is 3.19. The molecule has 2 aromatic carbocycles. The van der Waals surface area contributed by atoms with Gasteiger partial charge >= 0.3 is 0 Å². The second kappa shape index (κ2) is 9.26. The summed E-state index contributed by atoms with van der Waals surface area (Å²) in [6, 6.07) is 13.9. The Kier molecular flexibility index (Phi) is 6.75. The van der Waals surface area contributed by atoms with Gasteiger partial charge in [0.2, 0.25) is 0 Å². The lowest BCUT2D eigenvalue weighted by Gasteiger charge is -2.13. The van der Waals surface area contributed by atoms with E-state index in [1.807, 2.05) is 38.1 Å². The van der Waals surface area contributed by atoms with Crippen molar-refractivity contribution in [1.29, 1.82) is 0 Å². The first-order valence-corrected chi connectivity index (χ1v) is 10.4. The zero-order chi connectivity index (χ0) is 20.1. The van der Waals surface area contributed by atoms with Gasteiger partial charge in [-0.1, -0.05) is 59.9 Å². The minimum Gasteiger partial charge on any atom is -0.490 e. The first-order valence-electron chi connectivity index (χ1n) is 9.22. The molecule has 28 heavy (non-hydrogen) atoms. The van der Waals surface area contributed by atoms with E-state index in [2.05, 4.69) is 31.2 Å². The Labute approximate surface area is 175 Å². The highest BCUT2D eigenvalue weighted by atomic mass is 32.2. The fourth-order valence-corrected chi connectivity index (χ4v) is 4.16. The number of hydrogen-bond acceptors (Lipinski definition) is 5. The minimum absolute atomic E-state index is 0.0462. The SMILES string of the molecule is CCOc1cc(C=C2SC(=S)N(CC)C2=O)ccc1OCc1ccc(C)cc1. The summed E-state index contributed by atoms with van der Waals surface area (Å²) in [6.07, 6.45) is 1.85. The molecule has 1 amide bonds. The van der Waals surface area contributed by atoms with Gasteiger partial charge in [-0.05, 0) is 50.1 Å². The van der Waals surface area contributed by atoms with E-state index in [0.29, 0.717) is 40.5 Å².